The molecule has 0 saturated carbocycles. The van der Waals surface area contributed by atoms with Gasteiger partial charge in [0.05, 0.1) is 0 Å². The first-order valence-corrected chi connectivity index (χ1v) is 28.7. The third kappa shape index (κ3) is 56.3. The summed E-state index contributed by atoms with van der Waals surface area (Å²) in [6.07, 6.45) is 81.6. The van der Waals surface area contributed by atoms with Gasteiger partial charge < -0.3 is 14.2 Å². The number of hydrogen-bond donors (Lipinski definition) is 0. The quantitative estimate of drug-likeness (QED) is 0.0262. The van der Waals surface area contributed by atoms with Gasteiger partial charge in [-0.3, -0.25) is 14.4 Å². The molecule has 0 unspecified atom stereocenters. The Bertz CT molecular complexity index is 1550. The van der Waals surface area contributed by atoms with Crippen molar-refractivity contribution in [3.8, 4) is 0 Å². The standard InChI is InChI=1S/C65H104O6/c1-4-7-10-13-16-19-22-25-28-30-32-34-37-40-43-46-49-52-55-58-64(67)70-61-62(60-69-63(66)57-54-51-48-45-42-39-36-27-24-21-18-15-12-9-6-3)71-65(68)59-56-53-50-47-44-41-38-35-33-31-29-26-23-20-17-14-11-8-5-2/h7,10,16-17,19-21,24-26,28-29,32-35,40-41,43-44,49,52,62H,4-6,8-9,11-15,18,22-23,27,30-31,36-39,42,45-48,50-51,53-61H2,1-3H3/b10-7-,19-16-,20-17-,24-21-,28-25-,29-26-,34-32-,35-33-,43-40-,44-41-,52-49-/t62-/m0/s1. The molecule has 6 nitrogen and oxygen atoms in total. The molecule has 0 aromatic rings. The lowest BCUT2D eigenvalue weighted by atomic mass is 10.1. The van der Waals surface area contributed by atoms with Gasteiger partial charge in [0, 0.05) is 19.3 Å². The molecule has 1 atom stereocenters. The summed E-state index contributed by atoms with van der Waals surface area (Å²) in [7, 11) is 0. The number of ether oxygens (including phenoxy) is 3. The van der Waals surface area contributed by atoms with Crippen LogP contribution < -0.4 is 0 Å². The molecule has 0 aliphatic heterocycles. The summed E-state index contributed by atoms with van der Waals surface area (Å²) < 4.78 is 16.8. The van der Waals surface area contributed by atoms with Crippen LogP contribution in [0.15, 0.2) is 134 Å². The van der Waals surface area contributed by atoms with E-state index in [4.69, 9.17) is 14.2 Å². The smallest absolute Gasteiger partial charge is 0.306 e. The number of carbonyl (C=O) groups is 3. The molecule has 0 N–H and O–H groups in total. The van der Waals surface area contributed by atoms with E-state index < -0.39 is 6.10 Å². The van der Waals surface area contributed by atoms with E-state index in [1.807, 2.05) is 12.2 Å². The Hall–Kier alpha value is -4.45. The summed E-state index contributed by atoms with van der Waals surface area (Å²) in [5.41, 5.74) is 0. The van der Waals surface area contributed by atoms with Crippen LogP contribution in [0.1, 0.15) is 239 Å². The SMILES string of the molecule is CC/C=C\C/C=C\C/C=C\C/C=C\C/C=C\C/C=C\CCC(=O)OC[C@H](COC(=O)CCCCCCCCC/C=C\CCCCCC)OC(=O)CCCCC/C=C\C/C=C\C/C=C\C/C=C\CCCCC. The van der Waals surface area contributed by atoms with Crippen molar-refractivity contribution in [1.82, 2.24) is 0 Å². The second-order valence-corrected chi connectivity index (χ2v) is 18.5. The van der Waals surface area contributed by atoms with Crippen molar-refractivity contribution in [2.75, 3.05) is 13.2 Å². The molecule has 0 aromatic heterocycles. The van der Waals surface area contributed by atoms with E-state index in [2.05, 4.69) is 142 Å². The van der Waals surface area contributed by atoms with Crippen LogP contribution in [0.2, 0.25) is 0 Å². The number of carbonyl (C=O) groups excluding carboxylic acids is 3. The maximum Gasteiger partial charge on any atom is 0.306 e. The van der Waals surface area contributed by atoms with Crippen LogP contribution in [0, 0.1) is 0 Å². The number of allylic oxidation sites excluding steroid dienone is 22. The molecule has 0 radical (unpaired) electrons. The number of rotatable bonds is 50. The van der Waals surface area contributed by atoms with Crippen LogP contribution in [0.5, 0.6) is 0 Å². The third-order valence-corrected chi connectivity index (χ3v) is 11.6. The molecule has 0 aliphatic carbocycles. The van der Waals surface area contributed by atoms with Gasteiger partial charge in [0.2, 0.25) is 0 Å². The van der Waals surface area contributed by atoms with Crippen molar-refractivity contribution in [2.45, 2.75) is 245 Å². The molecule has 0 aromatic carbocycles. The molecule has 71 heavy (non-hydrogen) atoms. The van der Waals surface area contributed by atoms with Crippen molar-refractivity contribution < 1.29 is 28.6 Å². The maximum absolute atomic E-state index is 12.9. The van der Waals surface area contributed by atoms with Gasteiger partial charge in [-0.2, -0.15) is 0 Å². The summed E-state index contributed by atoms with van der Waals surface area (Å²) in [4.78, 5) is 38.1. The summed E-state index contributed by atoms with van der Waals surface area (Å²) in [5.74, 6) is -1.05. The van der Waals surface area contributed by atoms with E-state index >= 15 is 0 Å². The first-order chi connectivity index (χ1) is 35.0. The van der Waals surface area contributed by atoms with Crippen LogP contribution in [0.4, 0.5) is 0 Å². The monoisotopic (exact) mass is 981 g/mol. The van der Waals surface area contributed by atoms with Gasteiger partial charge >= 0.3 is 17.9 Å². The van der Waals surface area contributed by atoms with Gasteiger partial charge in [0.1, 0.15) is 13.2 Å². The molecular weight excluding hydrogens is 877 g/mol. The Balaban J connectivity index is 4.59. The molecular formula is C65H104O6. The summed E-state index contributed by atoms with van der Waals surface area (Å²) in [6.45, 7) is 6.38. The second-order valence-electron chi connectivity index (χ2n) is 18.5. The zero-order chi connectivity index (χ0) is 51.4. The zero-order valence-electron chi connectivity index (χ0n) is 45.7. The molecule has 0 fully saturated rings. The van der Waals surface area contributed by atoms with Gasteiger partial charge in [0.25, 0.3) is 0 Å². The van der Waals surface area contributed by atoms with E-state index in [1.165, 1.54) is 89.9 Å². The fourth-order valence-electron chi connectivity index (χ4n) is 7.33. The minimum atomic E-state index is -0.833. The number of unbranched alkanes of at least 4 members (excludes halogenated alkanes) is 17. The molecule has 0 bridgehead atoms. The van der Waals surface area contributed by atoms with Crippen molar-refractivity contribution >= 4 is 17.9 Å². The van der Waals surface area contributed by atoms with E-state index in [9.17, 15) is 14.4 Å². The molecule has 0 saturated heterocycles. The van der Waals surface area contributed by atoms with Gasteiger partial charge in [-0.1, -0.05) is 225 Å². The lowest BCUT2D eigenvalue weighted by Crippen LogP contribution is -2.30. The lowest BCUT2D eigenvalue weighted by Gasteiger charge is -2.18. The van der Waals surface area contributed by atoms with Gasteiger partial charge in [-0.05, 0) is 128 Å². The Kier molecular flexibility index (Phi) is 54.5. The topological polar surface area (TPSA) is 78.9 Å². The van der Waals surface area contributed by atoms with Gasteiger partial charge in [-0.15, -0.1) is 0 Å². The third-order valence-electron chi connectivity index (χ3n) is 11.6. The number of esters is 3. The van der Waals surface area contributed by atoms with Crippen LogP contribution in [0.25, 0.3) is 0 Å². The van der Waals surface area contributed by atoms with Crippen LogP contribution in [-0.2, 0) is 28.6 Å². The Morgan fingerprint density at radius 3 is 1.00 bits per heavy atom. The van der Waals surface area contributed by atoms with Crippen molar-refractivity contribution in [3.05, 3.63) is 134 Å². The van der Waals surface area contributed by atoms with Crippen LogP contribution in [-0.4, -0.2) is 37.2 Å². The molecule has 0 heterocycles. The molecule has 0 aliphatic rings. The highest BCUT2D eigenvalue weighted by Gasteiger charge is 2.19. The predicted molar refractivity (Wildman–Crippen MR) is 306 cm³/mol. The zero-order valence-corrected chi connectivity index (χ0v) is 45.7. The van der Waals surface area contributed by atoms with Crippen LogP contribution in [0.3, 0.4) is 0 Å². The Labute approximate surface area is 436 Å². The van der Waals surface area contributed by atoms with Crippen molar-refractivity contribution in [3.63, 3.8) is 0 Å². The highest BCUT2D eigenvalue weighted by Crippen LogP contribution is 2.13. The van der Waals surface area contributed by atoms with E-state index in [-0.39, 0.29) is 44.0 Å². The Morgan fingerprint density at radius 1 is 0.296 bits per heavy atom. The molecule has 400 valence electrons. The van der Waals surface area contributed by atoms with Crippen molar-refractivity contribution in [1.29, 1.82) is 0 Å². The average molecular weight is 982 g/mol. The van der Waals surface area contributed by atoms with Crippen LogP contribution >= 0.6 is 0 Å². The number of hydrogen-bond acceptors (Lipinski definition) is 6. The molecule has 0 spiro atoms. The minimum absolute atomic E-state index is 0.121. The Morgan fingerprint density at radius 2 is 0.577 bits per heavy atom. The van der Waals surface area contributed by atoms with E-state index in [1.54, 1.807) is 0 Å². The average Bonchev–Trinajstić information content (AvgIpc) is 3.37. The molecule has 0 rings (SSSR count). The summed E-state index contributed by atoms with van der Waals surface area (Å²) in [6, 6.07) is 0. The molecule has 0 amide bonds. The highest BCUT2D eigenvalue weighted by atomic mass is 16.6. The first-order valence-electron chi connectivity index (χ1n) is 28.7. The van der Waals surface area contributed by atoms with E-state index in [0.717, 1.165) is 96.3 Å². The highest BCUT2D eigenvalue weighted by molar-refractivity contribution is 5.71. The molecule has 6 heteroatoms. The fourth-order valence-corrected chi connectivity index (χ4v) is 7.33. The predicted octanol–water partition coefficient (Wildman–Crippen LogP) is 19.4. The van der Waals surface area contributed by atoms with E-state index in [0.29, 0.717) is 19.3 Å². The van der Waals surface area contributed by atoms with Gasteiger partial charge in [0.15, 0.2) is 6.10 Å². The second kappa shape index (κ2) is 58.1. The largest absolute Gasteiger partial charge is 0.462 e. The minimum Gasteiger partial charge on any atom is -0.462 e. The normalized spacial score (nSPS) is 13.1. The van der Waals surface area contributed by atoms with Gasteiger partial charge in [-0.25, -0.2) is 0 Å². The fraction of sp³-hybridized carbons (Fsp3) is 0.615. The first kappa shape index (κ1) is 66.6. The van der Waals surface area contributed by atoms with Crippen molar-refractivity contribution in [2.24, 2.45) is 0 Å². The summed E-state index contributed by atoms with van der Waals surface area (Å²) >= 11 is 0. The maximum atomic E-state index is 12.9. The lowest BCUT2D eigenvalue weighted by molar-refractivity contribution is -0.166. The summed E-state index contributed by atoms with van der Waals surface area (Å²) in [5, 5.41) is 0.